The van der Waals surface area contributed by atoms with E-state index in [2.05, 4.69) is 11.4 Å². The van der Waals surface area contributed by atoms with Gasteiger partial charge in [-0.1, -0.05) is 17.7 Å². The van der Waals surface area contributed by atoms with Crippen LogP contribution >= 0.6 is 11.6 Å². The fourth-order valence-electron chi connectivity index (χ4n) is 1.76. The molecule has 0 aromatic heterocycles. The molecular formula is C15H14ClN3. The Hall–Kier alpha value is -2.18. The minimum atomic E-state index is 0.302. The first-order valence-electron chi connectivity index (χ1n) is 5.88. The molecule has 2 rings (SSSR count). The van der Waals surface area contributed by atoms with Gasteiger partial charge >= 0.3 is 0 Å². The van der Waals surface area contributed by atoms with E-state index in [1.54, 1.807) is 6.07 Å². The largest absolute Gasteiger partial charge is 0.398 e. The van der Waals surface area contributed by atoms with E-state index in [4.69, 9.17) is 22.6 Å². The van der Waals surface area contributed by atoms with E-state index >= 15 is 0 Å². The van der Waals surface area contributed by atoms with Crippen molar-refractivity contribution in [3.63, 3.8) is 0 Å². The van der Waals surface area contributed by atoms with Crippen molar-refractivity contribution in [3.05, 3.63) is 52.5 Å². The molecule has 0 heterocycles. The summed E-state index contributed by atoms with van der Waals surface area (Å²) in [6.45, 7) is 1.96. The Kier molecular flexibility index (Phi) is 3.94. The second-order valence-corrected chi connectivity index (χ2v) is 4.74. The predicted molar refractivity (Wildman–Crippen MR) is 79.6 cm³/mol. The zero-order chi connectivity index (χ0) is 13.8. The van der Waals surface area contributed by atoms with Gasteiger partial charge in [0.05, 0.1) is 12.5 Å². The molecule has 19 heavy (non-hydrogen) atoms. The summed E-state index contributed by atoms with van der Waals surface area (Å²) in [4.78, 5) is 0. The first-order chi connectivity index (χ1) is 9.10. The van der Waals surface area contributed by atoms with Crippen LogP contribution in [0.25, 0.3) is 0 Å². The number of nitrogen functional groups attached to an aromatic ring is 1. The van der Waals surface area contributed by atoms with Crippen LogP contribution in [0.3, 0.4) is 0 Å². The SMILES string of the molecule is Cc1ccc(Nc2ccc(N)c(CC#N)c2)cc1Cl. The Labute approximate surface area is 117 Å². The molecule has 3 N–H and O–H groups in total. The Bertz CT molecular complexity index is 644. The number of anilines is 3. The van der Waals surface area contributed by atoms with Gasteiger partial charge in [-0.3, -0.25) is 0 Å². The van der Waals surface area contributed by atoms with Crippen LogP contribution in [0.1, 0.15) is 11.1 Å². The number of hydrogen-bond donors (Lipinski definition) is 2. The van der Waals surface area contributed by atoms with E-state index < -0.39 is 0 Å². The van der Waals surface area contributed by atoms with Crippen molar-refractivity contribution in [1.82, 2.24) is 0 Å². The summed E-state index contributed by atoms with van der Waals surface area (Å²) in [6.07, 6.45) is 0.302. The molecule has 0 fully saturated rings. The van der Waals surface area contributed by atoms with Crippen molar-refractivity contribution in [2.45, 2.75) is 13.3 Å². The van der Waals surface area contributed by atoms with Gasteiger partial charge in [-0.15, -0.1) is 0 Å². The number of rotatable bonds is 3. The molecular weight excluding hydrogens is 258 g/mol. The molecule has 0 radical (unpaired) electrons. The van der Waals surface area contributed by atoms with E-state index in [9.17, 15) is 0 Å². The molecule has 0 saturated heterocycles. The third-order valence-electron chi connectivity index (χ3n) is 2.87. The summed E-state index contributed by atoms with van der Waals surface area (Å²) in [6, 6.07) is 13.4. The van der Waals surface area contributed by atoms with E-state index in [-0.39, 0.29) is 0 Å². The number of nitriles is 1. The van der Waals surface area contributed by atoms with E-state index in [0.29, 0.717) is 12.1 Å². The van der Waals surface area contributed by atoms with Gasteiger partial charge in [-0.2, -0.15) is 5.26 Å². The lowest BCUT2D eigenvalue weighted by Crippen LogP contribution is -1.96. The maximum Gasteiger partial charge on any atom is 0.0670 e. The lowest BCUT2D eigenvalue weighted by atomic mass is 10.1. The number of benzene rings is 2. The highest BCUT2D eigenvalue weighted by atomic mass is 35.5. The number of nitrogens with one attached hydrogen (secondary N) is 1. The van der Waals surface area contributed by atoms with Crippen molar-refractivity contribution in [3.8, 4) is 6.07 Å². The minimum Gasteiger partial charge on any atom is -0.398 e. The smallest absolute Gasteiger partial charge is 0.0670 e. The first-order valence-corrected chi connectivity index (χ1v) is 6.26. The highest BCUT2D eigenvalue weighted by Crippen LogP contribution is 2.25. The fraction of sp³-hybridized carbons (Fsp3) is 0.133. The van der Waals surface area contributed by atoms with Crippen molar-refractivity contribution < 1.29 is 0 Å². The predicted octanol–water partition coefficient (Wildman–Crippen LogP) is 4.04. The first kappa shape index (κ1) is 13.3. The van der Waals surface area contributed by atoms with Crippen molar-refractivity contribution in [2.24, 2.45) is 0 Å². The fourth-order valence-corrected chi connectivity index (χ4v) is 1.94. The number of aryl methyl sites for hydroxylation is 1. The van der Waals surface area contributed by atoms with Crippen molar-refractivity contribution >= 4 is 28.7 Å². The maximum absolute atomic E-state index is 8.75. The summed E-state index contributed by atoms with van der Waals surface area (Å²) in [5.74, 6) is 0. The van der Waals surface area contributed by atoms with Crippen LogP contribution in [0, 0.1) is 18.3 Å². The zero-order valence-electron chi connectivity index (χ0n) is 10.6. The normalized spacial score (nSPS) is 9.95. The molecule has 0 atom stereocenters. The molecule has 4 heteroatoms. The summed E-state index contributed by atoms with van der Waals surface area (Å²) < 4.78 is 0. The standard InChI is InChI=1S/C15H14ClN3/c1-10-2-3-13(9-14(10)16)19-12-4-5-15(18)11(8-12)6-7-17/h2-5,8-9,19H,6,18H2,1H3. The Balaban J connectivity index is 2.25. The van der Waals surface area contributed by atoms with Gasteiger partial charge < -0.3 is 11.1 Å². The molecule has 0 bridgehead atoms. The second kappa shape index (κ2) is 5.64. The van der Waals surface area contributed by atoms with Crippen molar-refractivity contribution in [1.29, 1.82) is 5.26 Å². The highest BCUT2D eigenvalue weighted by molar-refractivity contribution is 6.31. The van der Waals surface area contributed by atoms with Crippen LogP contribution in [0.15, 0.2) is 36.4 Å². The molecule has 2 aromatic carbocycles. The molecule has 0 saturated carbocycles. The summed E-state index contributed by atoms with van der Waals surface area (Å²) in [7, 11) is 0. The molecule has 0 spiro atoms. The van der Waals surface area contributed by atoms with Gasteiger partial charge in [0.25, 0.3) is 0 Å². The Morgan fingerprint density at radius 1 is 1.21 bits per heavy atom. The van der Waals surface area contributed by atoms with Crippen LogP contribution in [0.4, 0.5) is 17.1 Å². The molecule has 0 unspecified atom stereocenters. The van der Waals surface area contributed by atoms with Crippen molar-refractivity contribution in [2.75, 3.05) is 11.1 Å². The number of nitrogens with zero attached hydrogens (tertiary/aromatic N) is 1. The van der Waals surface area contributed by atoms with E-state index in [0.717, 1.165) is 27.5 Å². The van der Waals surface area contributed by atoms with Crippen LogP contribution < -0.4 is 11.1 Å². The van der Waals surface area contributed by atoms with Crippen LogP contribution in [-0.2, 0) is 6.42 Å². The van der Waals surface area contributed by atoms with Gasteiger partial charge in [0, 0.05) is 22.1 Å². The molecule has 0 aliphatic heterocycles. The quantitative estimate of drug-likeness (QED) is 0.828. The monoisotopic (exact) mass is 271 g/mol. The molecule has 0 amide bonds. The third-order valence-corrected chi connectivity index (χ3v) is 3.28. The highest BCUT2D eigenvalue weighted by Gasteiger charge is 2.02. The molecule has 0 aliphatic rings. The molecule has 0 aliphatic carbocycles. The summed E-state index contributed by atoms with van der Waals surface area (Å²) in [5.41, 5.74) is 10.1. The van der Waals surface area contributed by atoms with Gasteiger partial charge in [-0.05, 0) is 48.4 Å². The van der Waals surface area contributed by atoms with Gasteiger partial charge in [0.2, 0.25) is 0 Å². The van der Waals surface area contributed by atoms with Crippen LogP contribution in [-0.4, -0.2) is 0 Å². The van der Waals surface area contributed by atoms with E-state index in [1.165, 1.54) is 0 Å². The summed E-state index contributed by atoms with van der Waals surface area (Å²) >= 11 is 6.08. The lowest BCUT2D eigenvalue weighted by Gasteiger charge is -2.10. The van der Waals surface area contributed by atoms with Crippen LogP contribution in [0.5, 0.6) is 0 Å². The van der Waals surface area contributed by atoms with Crippen LogP contribution in [0.2, 0.25) is 5.02 Å². The Morgan fingerprint density at radius 2 is 1.89 bits per heavy atom. The average molecular weight is 272 g/mol. The topological polar surface area (TPSA) is 61.8 Å². The number of halogens is 1. The molecule has 3 nitrogen and oxygen atoms in total. The minimum absolute atomic E-state index is 0.302. The maximum atomic E-state index is 8.75. The average Bonchev–Trinajstić information content (AvgIpc) is 2.38. The molecule has 2 aromatic rings. The molecule has 96 valence electrons. The third kappa shape index (κ3) is 3.18. The number of hydrogen-bond acceptors (Lipinski definition) is 3. The van der Waals surface area contributed by atoms with Gasteiger partial charge in [0.15, 0.2) is 0 Å². The Morgan fingerprint density at radius 3 is 2.58 bits per heavy atom. The van der Waals surface area contributed by atoms with Gasteiger partial charge in [0.1, 0.15) is 0 Å². The second-order valence-electron chi connectivity index (χ2n) is 4.34. The zero-order valence-corrected chi connectivity index (χ0v) is 11.3. The van der Waals surface area contributed by atoms with E-state index in [1.807, 2.05) is 37.3 Å². The lowest BCUT2D eigenvalue weighted by molar-refractivity contribution is 1.27. The summed E-state index contributed by atoms with van der Waals surface area (Å²) in [5, 5.41) is 12.7. The number of nitrogens with two attached hydrogens (primary N) is 1. The van der Waals surface area contributed by atoms with Gasteiger partial charge in [-0.25, -0.2) is 0 Å².